The molecule has 1 aromatic carbocycles. The molecule has 1 N–H and O–H groups in total. The largest absolute Gasteiger partial charge is 0.493 e. The minimum atomic E-state index is 0.318. The standard InChI is InChI=1S/C16H26BrNO/c1-5-18-13(4)15-9-8-14(17)11-16(15)19-10-6-7-12(2)3/h8-9,11-13,18H,5-7,10H2,1-4H3. The second-order valence-corrected chi connectivity index (χ2v) is 6.26. The fourth-order valence-corrected chi connectivity index (χ4v) is 2.42. The van der Waals surface area contributed by atoms with Gasteiger partial charge in [-0.05, 0) is 44.4 Å². The molecule has 0 saturated carbocycles. The van der Waals surface area contributed by atoms with Crippen molar-refractivity contribution >= 4 is 15.9 Å². The molecule has 19 heavy (non-hydrogen) atoms. The van der Waals surface area contributed by atoms with E-state index in [1.165, 1.54) is 12.0 Å². The molecule has 1 rings (SSSR count). The second kappa shape index (κ2) is 8.60. The van der Waals surface area contributed by atoms with E-state index in [9.17, 15) is 0 Å². The Bertz CT molecular complexity index is 379. The van der Waals surface area contributed by atoms with E-state index in [-0.39, 0.29) is 0 Å². The van der Waals surface area contributed by atoms with Gasteiger partial charge in [-0.1, -0.05) is 42.8 Å². The van der Waals surface area contributed by atoms with Crippen molar-refractivity contribution in [2.75, 3.05) is 13.2 Å². The second-order valence-electron chi connectivity index (χ2n) is 5.35. The van der Waals surface area contributed by atoms with E-state index >= 15 is 0 Å². The Hall–Kier alpha value is -0.540. The van der Waals surface area contributed by atoms with Gasteiger partial charge in [-0.2, -0.15) is 0 Å². The van der Waals surface area contributed by atoms with Gasteiger partial charge in [-0.3, -0.25) is 0 Å². The van der Waals surface area contributed by atoms with Crippen molar-refractivity contribution in [2.24, 2.45) is 5.92 Å². The van der Waals surface area contributed by atoms with Gasteiger partial charge in [0, 0.05) is 16.1 Å². The minimum Gasteiger partial charge on any atom is -0.493 e. The van der Waals surface area contributed by atoms with E-state index in [1.54, 1.807) is 0 Å². The highest BCUT2D eigenvalue weighted by molar-refractivity contribution is 9.10. The molecule has 0 aliphatic rings. The zero-order valence-corrected chi connectivity index (χ0v) is 14.1. The molecule has 3 heteroatoms. The molecule has 0 saturated heterocycles. The van der Waals surface area contributed by atoms with Crippen molar-refractivity contribution in [2.45, 2.75) is 46.6 Å². The van der Waals surface area contributed by atoms with E-state index < -0.39 is 0 Å². The van der Waals surface area contributed by atoms with Crippen LogP contribution in [-0.4, -0.2) is 13.2 Å². The summed E-state index contributed by atoms with van der Waals surface area (Å²) in [5.74, 6) is 1.73. The van der Waals surface area contributed by atoms with Gasteiger partial charge < -0.3 is 10.1 Å². The summed E-state index contributed by atoms with van der Waals surface area (Å²) in [4.78, 5) is 0. The molecule has 1 unspecified atom stereocenters. The first kappa shape index (κ1) is 16.5. The summed E-state index contributed by atoms with van der Waals surface area (Å²) in [5.41, 5.74) is 1.23. The van der Waals surface area contributed by atoms with Crippen molar-refractivity contribution in [3.05, 3.63) is 28.2 Å². The molecular formula is C16H26BrNO. The zero-order valence-electron chi connectivity index (χ0n) is 12.5. The van der Waals surface area contributed by atoms with Gasteiger partial charge in [0.1, 0.15) is 5.75 Å². The third-order valence-corrected chi connectivity index (χ3v) is 3.63. The van der Waals surface area contributed by atoms with Crippen LogP contribution in [0.1, 0.15) is 52.1 Å². The summed E-state index contributed by atoms with van der Waals surface area (Å²) in [6.07, 6.45) is 2.32. The maximum atomic E-state index is 5.97. The average Bonchev–Trinajstić information content (AvgIpc) is 2.34. The summed E-state index contributed by atoms with van der Waals surface area (Å²) >= 11 is 3.52. The van der Waals surface area contributed by atoms with E-state index in [0.717, 1.165) is 35.7 Å². The summed E-state index contributed by atoms with van der Waals surface area (Å²) in [5, 5.41) is 3.43. The fourth-order valence-electron chi connectivity index (χ4n) is 2.08. The van der Waals surface area contributed by atoms with Crippen molar-refractivity contribution in [1.29, 1.82) is 0 Å². The van der Waals surface area contributed by atoms with Crippen LogP contribution < -0.4 is 10.1 Å². The van der Waals surface area contributed by atoms with Crippen LogP contribution in [0.5, 0.6) is 5.75 Å². The highest BCUT2D eigenvalue weighted by atomic mass is 79.9. The van der Waals surface area contributed by atoms with Crippen LogP contribution in [0.2, 0.25) is 0 Å². The Labute approximate surface area is 126 Å². The Balaban J connectivity index is 2.66. The Morgan fingerprint density at radius 1 is 1.26 bits per heavy atom. The number of halogens is 1. The normalized spacial score (nSPS) is 12.7. The number of hydrogen-bond acceptors (Lipinski definition) is 2. The van der Waals surface area contributed by atoms with E-state index in [2.05, 4.69) is 67.1 Å². The van der Waals surface area contributed by atoms with Gasteiger partial charge >= 0.3 is 0 Å². The predicted molar refractivity (Wildman–Crippen MR) is 85.8 cm³/mol. The number of ether oxygens (including phenoxy) is 1. The lowest BCUT2D eigenvalue weighted by atomic mass is 10.1. The number of hydrogen-bond donors (Lipinski definition) is 1. The molecule has 0 fully saturated rings. The molecule has 1 aromatic rings. The van der Waals surface area contributed by atoms with Gasteiger partial charge in [-0.25, -0.2) is 0 Å². The van der Waals surface area contributed by atoms with Gasteiger partial charge in [0.05, 0.1) is 6.61 Å². The van der Waals surface area contributed by atoms with Crippen LogP contribution in [-0.2, 0) is 0 Å². The maximum Gasteiger partial charge on any atom is 0.125 e. The lowest BCUT2D eigenvalue weighted by Crippen LogP contribution is -2.18. The number of nitrogens with one attached hydrogen (secondary N) is 1. The predicted octanol–water partition coefficient (Wildman–Crippen LogP) is 4.93. The Morgan fingerprint density at radius 2 is 2.00 bits per heavy atom. The van der Waals surface area contributed by atoms with Crippen molar-refractivity contribution in [3.8, 4) is 5.75 Å². The molecule has 108 valence electrons. The summed E-state index contributed by atoms with van der Waals surface area (Å²) in [6.45, 7) is 10.5. The molecule has 0 aromatic heterocycles. The monoisotopic (exact) mass is 327 g/mol. The van der Waals surface area contributed by atoms with Gasteiger partial charge in [0.2, 0.25) is 0 Å². The highest BCUT2D eigenvalue weighted by Gasteiger charge is 2.11. The molecule has 0 bridgehead atoms. The van der Waals surface area contributed by atoms with E-state index in [4.69, 9.17) is 4.74 Å². The molecule has 0 aliphatic heterocycles. The fraction of sp³-hybridized carbons (Fsp3) is 0.625. The Morgan fingerprint density at radius 3 is 2.63 bits per heavy atom. The zero-order chi connectivity index (χ0) is 14.3. The first-order chi connectivity index (χ1) is 9.04. The van der Waals surface area contributed by atoms with Crippen LogP contribution in [0.15, 0.2) is 22.7 Å². The van der Waals surface area contributed by atoms with Crippen LogP contribution in [0, 0.1) is 5.92 Å². The molecule has 0 aliphatic carbocycles. The third-order valence-electron chi connectivity index (χ3n) is 3.14. The molecule has 0 heterocycles. The number of benzene rings is 1. The molecule has 1 atom stereocenters. The SMILES string of the molecule is CCNC(C)c1ccc(Br)cc1OCCCC(C)C. The number of rotatable bonds is 8. The van der Waals surface area contributed by atoms with Crippen LogP contribution in [0.25, 0.3) is 0 Å². The van der Waals surface area contributed by atoms with Crippen LogP contribution >= 0.6 is 15.9 Å². The van der Waals surface area contributed by atoms with Crippen LogP contribution in [0.4, 0.5) is 0 Å². The Kier molecular flexibility index (Phi) is 7.47. The smallest absolute Gasteiger partial charge is 0.125 e. The van der Waals surface area contributed by atoms with Crippen molar-refractivity contribution in [3.63, 3.8) is 0 Å². The first-order valence-electron chi connectivity index (χ1n) is 7.20. The highest BCUT2D eigenvalue weighted by Crippen LogP contribution is 2.29. The van der Waals surface area contributed by atoms with Gasteiger partial charge in [0.15, 0.2) is 0 Å². The van der Waals surface area contributed by atoms with Gasteiger partial charge in [0.25, 0.3) is 0 Å². The van der Waals surface area contributed by atoms with E-state index in [0.29, 0.717) is 6.04 Å². The van der Waals surface area contributed by atoms with Gasteiger partial charge in [-0.15, -0.1) is 0 Å². The summed E-state index contributed by atoms with van der Waals surface area (Å²) in [6, 6.07) is 6.59. The summed E-state index contributed by atoms with van der Waals surface area (Å²) < 4.78 is 7.03. The topological polar surface area (TPSA) is 21.3 Å². The van der Waals surface area contributed by atoms with Crippen LogP contribution in [0.3, 0.4) is 0 Å². The quantitative estimate of drug-likeness (QED) is 0.683. The third kappa shape index (κ3) is 5.96. The molecule has 2 nitrogen and oxygen atoms in total. The lowest BCUT2D eigenvalue weighted by Gasteiger charge is -2.18. The van der Waals surface area contributed by atoms with E-state index in [1.807, 2.05) is 0 Å². The lowest BCUT2D eigenvalue weighted by molar-refractivity contribution is 0.292. The molecule has 0 radical (unpaired) electrons. The maximum absolute atomic E-state index is 5.97. The van der Waals surface area contributed by atoms with Crippen molar-refractivity contribution in [1.82, 2.24) is 5.32 Å². The molecular weight excluding hydrogens is 302 g/mol. The van der Waals surface area contributed by atoms with Crippen molar-refractivity contribution < 1.29 is 4.74 Å². The average molecular weight is 328 g/mol. The molecule has 0 amide bonds. The summed E-state index contributed by atoms with van der Waals surface area (Å²) in [7, 11) is 0. The minimum absolute atomic E-state index is 0.318. The first-order valence-corrected chi connectivity index (χ1v) is 7.99. The molecule has 0 spiro atoms.